The lowest BCUT2D eigenvalue weighted by Crippen LogP contribution is -2.49. The third-order valence-electron chi connectivity index (χ3n) is 4.81. The number of para-hydroxylation sites is 2. The van der Waals surface area contributed by atoms with Crippen LogP contribution in [0.5, 0.6) is 5.75 Å². The molecule has 2 aromatic carbocycles. The van der Waals surface area contributed by atoms with Gasteiger partial charge in [0.25, 0.3) is 5.91 Å². The van der Waals surface area contributed by atoms with E-state index in [-0.39, 0.29) is 11.5 Å². The maximum Gasteiger partial charge on any atom is 0.257 e. The fourth-order valence-electron chi connectivity index (χ4n) is 3.44. The molecule has 0 spiro atoms. The number of imidazole rings is 1. The molecule has 1 saturated heterocycles. The summed E-state index contributed by atoms with van der Waals surface area (Å²) in [4.78, 5) is 23.7. The van der Waals surface area contributed by atoms with Gasteiger partial charge in [0.15, 0.2) is 0 Å². The van der Waals surface area contributed by atoms with Gasteiger partial charge in [0.2, 0.25) is 0 Å². The first-order chi connectivity index (χ1) is 13.2. The highest BCUT2D eigenvalue weighted by Crippen LogP contribution is 2.29. The Kier molecular flexibility index (Phi) is 4.66. The van der Waals surface area contributed by atoms with Crippen LogP contribution in [-0.4, -0.2) is 53.6 Å². The van der Waals surface area contributed by atoms with Crippen molar-refractivity contribution in [3.8, 4) is 5.75 Å². The Hall–Kier alpha value is -3.09. The number of nitrogens with zero attached hydrogens (tertiary/aromatic N) is 3. The number of carbonyl (C=O) groups is 1. The molecule has 6 nitrogen and oxygen atoms in total. The molecule has 7 heteroatoms. The molecule has 0 radical (unpaired) electrons. The molecule has 140 valence electrons. The zero-order chi connectivity index (χ0) is 18.8. The molecule has 1 fully saturated rings. The predicted molar refractivity (Wildman–Crippen MR) is 102 cm³/mol. The number of piperazine rings is 1. The van der Waals surface area contributed by atoms with Crippen LogP contribution in [0, 0.1) is 5.82 Å². The first kappa shape index (κ1) is 17.3. The number of carbonyl (C=O) groups excluding carboxylic acids is 1. The van der Waals surface area contributed by atoms with E-state index in [1.165, 1.54) is 18.5 Å². The van der Waals surface area contributed by atoms with Gasteiger partial charge in [-0.2, -0.15) is 0 Å². The van der Waals surface area contributed by atoms with E-state index in [4.69, 9.17) is 4.74 Å². The van der Waals surface area contributed by atoms with Gasteiger partial charge in [-0.1, -0.05) is 12.1 Å². The number of rotatable bonds is 4. The predicted octanol–water partition coefficient (Wildman–Crippen LogP) is 3.06. The molecule has 0 atom stereocenters. The number of fused-ring (bicyclic) bond motifs is 1. The summed E-state index contributed by atoms with van der Waals surface area (Å²) in [6, 6.07) is 10.7. The molecule has 0 saturated carbocycles. The number of amides is 1. The fourth-order valence-corrected chi connectivity index (χ4v) is 3.44. The molecule has 1 aliphatic heterocycles. The molecular formula is C20H21FN4O2. The van der Waals surface area contributed by atoms with Crippen LogP contribution >= 0.6 is 0 Å². The van der Waals surface area contributed by atoms with Crippen LogP contribution in [0.25, 0.3) is 11.0 Å². The molecule has 0 aliphatic carbocycles. The molecule has 0 unspecified atom stereocenters. The van der Waals surface area contributed by atoms with Crippen LogP contribution in [-0.2, 0) is 0 Å². The van der Waals surface area contributed by atoms with E-state index in [1.807, 2.05) is 31.2 Å². The van der Waals surface area contributed by atoms with Crippen LogP contribution in [0.1, 0.15) is 17.3 Å². The third-order valence-corrected chi connectivity index (χ3v) is 4.81. The summed E-state index contributed by atoms with van der Waals surface area (Å²) in [5.41, 5.74) is 2.26. The first-order valence-electron chi connectivity index (χ1n) is 9.06. The standard InChI is InChI=1S/C20H21FN4O2/c1-2-27-19-6-4-3-5-18(19)24-7-9-25(10-8-24)20(26)14-11-16-17(12-15(14)21)23-13-22-16/h3-6,11-13H,2,7-10H2,1H3,(H,22,23). The lowest BCUT2D eigenvalue weighted by atomic mass is 10.1. The van der Waals surface area contributed by atoms with Crippen LogP contribution < -0.4 is 9.64 Å². The molecule has 1 amide bonds. The van der Waals surface area contributed by atoms with Crippen molar-refractivity contribution in [3.63, 3.8) is 0 Å². The van der Waals surface area contributed by atoms with Crippen molar-refractivity contribution in [1.29, 1.82) is 0 Å². The van der Waals surface area contributed by atoms with Gasteiger partial charge in [-0.25, -0.2) is 9.37 Å². The summed E-state index contributed by atoms with van der Waals surface area (Å²) in [5.74, 6) is 0.0193. The van der Waals surface area contributed by atoms with Crippen molar-refractivity contribution in [1.82, 2.24) is 14.9 Å². The van der Waals surface area contributed by atoms with Crippen molar-refractivity contribution in [2.24, 2.45) is 0 Å². The topological polar surface area (TPSA) is 61.5 Å². The molecule has 3 aromatic rings. The van der Waals surface area contributed by atoms with Crippen LogP contribution in [0.4, 0.5) is 10.1 Å². The van der Waals surface area contributed by atoms with Crippen LogP contribution in [0.3, 0.4) is 0 Å². The molecule has 1 aromatic heterocycles. The SMILES string of the molecule is CCOc1ccccc1N1CCN(C(=O)c2cc3nc[nH]c3cc2F)CC1. The highest BCUT2D eigenvalue weighted by molar-refractivity contribution is 5.97. The second kappa shape index (κ2) is 7.26. The molecular weight excluding hydrogens is 347 g/mol. The van der Waals surface area contributed by atoms with Gasteiger partial charge in [0.05, 0.1) is 35.2 Å². The summed E-state index contributed by atoms with van der Waals surface area (Å²) >= 11 is 0. The quantitative estimate of drug-likeness (QED) is 0.769. The van der Waals surface area contributed by atoms with E-state index in [1.54, 1.807) is 4.90 Å². The number of aromatic amines is 1. The Morgan fingerprint density at radius 2 is 2.00 bits per heavy atom. The number of benzene rings is 2. The minimum absolute atomic E-state index is 0.0674. The van der Waals surface area contributed by atoms with Gasteiger partial charge in [-0.05, 0) is 25.1 Å². The number of halogens is 1. The van der Waals surface area contributed by atoms with Gasteiger partial charge in [-0.15, -0.1) is 0 Å². The minimum atomic E-state index is -0.527. The Labute approximate surface area is 156 Å². The molecule has 4 rings (SSSR count). The number of hydrogen-bond acceptors (Lipinski definition) is 4. The molecule has 1 N–H and O–H groups in total. The number of aromatic nitrogens is 2. The molecule has 2 heterocycles. The van der Waals surface area contributed by atoms with E-state index in [2.05, 4.69) is 14.9 Å². The average molecular weight is 368 g/mol. The highest BCUT2D eigenvalue weighted by Gasteiger charge is 2.26. The Morgan fingerprint density at radius 1 is 1.22 bits per heavy atom. The fraction of sp³-hybridized carbons (Fsp3) is 0.300. The van der Waals surface area contributed by atoms with Crippen molar-refractivity contribution in [3.05, 3.63) is 54.1 Å². The largest absolute Gasteiger partial charge is 0.492 e. The Morgan fingerprint density at radius 3 is 2.78 bits per heavy atom. The minimum Gasteiger partial charge on any atom is -0.492 e. The molecule has 1 aliphatic rings. The van der Waals surface area contributed by atoms with Crippen molar-refractivity contribution in [2.45, 2.75) is 6.92 Å². The molecule has 27 heavy (non-hydrogen) atoms. The average Bonchev–Trinajstić information content (AvgIpc) is 3.15. The van der Waals surface area contributed by atoms with Gasteiger partial charge in [0, 0.05) is 32.2 Å². The summed E-state index contributed by atoms with van der Waals surface area (Å²) < 4.78 is 20.1. The van der Waals surface area contributed by atoms with E-state index in [0.29, 0.717) is 43.8 Å². The summed E-state index contributed by atoms with van der Waals surface area (Å²) in [7, 11) is 0. The monoisotopic (exact) mass is 368 g/mol. The van der Waals surface area contributed by atoms with Crippen LogP contribution in [0.15, 0.2) is 42.7 Å². The number of H-pyrrole nitrogens is 1. The number of nitrogens with one attached hydrogen (secondary N) is 1. The van der Waals surface area contributed by atoms with Crippen LogP contribution in [0.2, 0.25) is 0 Å². The Bertz CT molecular complexity index is 964. The van der Waals surface area contributed by atoms with E-state index in [0.717, 1.165) is 11.4 Å². The smallest absolute Gasteiger partial charge is 0.257 e. The second-order valence-corrected chi connectivity index (χ2v) is 6.43. The highest BCUT2D eigenvalue weighted by atomic mass is 19.1. The molecule has 0 bridgehead atoms. The maximum atomic E-state index is 14.4. The first-order valence-corrected chi connectivity index (χ1v) is 9.06. The van der Waals surface area contributed by atoms with Gasteiger partial charge >= 0.3 is 0 Å². The zero-order valence-electron chi connectivity index (χ0n) is 15.1. The van der Waals surface area contributed by atoms with Crippen molar-refractivity contribution < 1.29 is 13.9 Å². The Balaban J connectivity index is 1.49. The second-order valence-electron chi connectivity index (χ2n) is 6.43. The zero-order valence-corrected chi connectivity index (χ0v) is 15.1. The third kappa shape index (κ3) is 3.32. The number of ether oxygens (including phenoxy) is 1. The van der Waals surface area contributed by atoms with Gasteiger partial charge in [-0.3, -0.25) is 4.79 Å². The van der Waals surface area contributed by atoms with Gasteiger partial charge in [0.1, 0.15) is 11.6 Å². The van der Waals surface area contributed by atoms with E-state index in [9.17, 15) is 9.18 Å². The van der Waals surface area contributed by atoms with Crippen molar-refractivity contribution in [2.75, 3.05) is 37.7 Å². The van der Waals surface area contributed by atoms with Gasteiger partial charge < -0.3 is 19.5 Å². The summed E-state index contributed by atoms with van der Waals surface area (Å²) in [6.07, 6.45) is 1.49. The maximum absolute atomic E-state index is 14.4. The lowest BCUT2D eigenvalue weighted by Gasteiger charge is -2.36. The van der Waals surface area contributed by atoms with E-state index >= 15 is 0 Å². The summed E-state index contributed by atoms with van der Waals surface area (Å²) in [5, 5.41) is 0. The van der Waals surface area contributed by atoms with Crippen molar-refractivity contribution >= 4 is 22.6 Å². The normalized spacial score (nSPS) is 14.6. The van der Waals surface area contributed by atoms with E-state index < -0.39 is 5.82 Å². The lowest BCUT2D eigenvalue weighted by molar-refractivity contribution is 0.0742. The number of hydrogen-bond donors (Lipinski definition) is 1. The number of anilines is 1. The summed E-state index contributed by atoms with van der Waals surface area (Å²) in [6.45, 7) is 4.95.